The Morgan fingerprint density at radius 2 is 2.06 bits per heavy atom. The van der Waals surface area contributed by atoms with Gasteiger partial charge < -0.3 is 21.3 Å². The van der Waals surface area contributed by atoms with Crippen LogP contribution in [0.4, 0.5) is 5.82 Å². The fourth-order valence-corrected chi connectivity index (χ4v) is 3.12. The van der Waals surface area contributed by atoms with E-state index in [0.717, 1.165) is 41.3 Å². The average molecular weight is 424 g/mol. The summed E-state index contributed by atoms with van der Waals surface area (Å²) in [7, 11) is 3.49. The Hall–Kier alpha value is -3.69. The Morgan fingerprint density at radius 3 is 2.87 bits per heavy atom. The number of anilines is 1. The van der Waals surface area contributed by atoms with Gasteiger partial charge in [0.05, 0.1) is 11.6 Å². The average Bonchev–Trinajstić information content (AvgIpc) is 3.18. The molecule has 0 radical (unpaired) electrons. The summed E-state index contributed by atoms with van der Waals surface area (Å²) < 4.78 is 1.72. The molecule has 0 saturated carbocycles. The lowest BCUT2D eigenvalue weighted by Gasteiger charge is -2.12. The van der Waals surface area contributed by atoms with Gasteiger partial charge in [0.15, 0.2) is 11.6 Å². The SMILES string of the molecule is CCNC(=NCCc1cccc(C(=O)NC)c1)NCCNc1ncnc2c1cnn2C. The summed E-state index contributed by atoms with van der Waals surface area (Å²) in [5, 5.41) is 17.6. The summed E-state index contributed by atoms with van der Waals surface area (Å²) in [5.41, 5.74) is 2.53. The van der Waals surface area contributed by atoms with E-state index in [0.29, 0.717) is 25.2 Å². The van der Waals surface area contributed by atoms with Crippen LogP contribution >= 0.6 is 0 Å². The number of benzene rings is 1. The number of hydrogen-bond acceptors (Lipinski definition) is 6. The van der Waals surface area contributed by atoms with Crippen LogP contribution < -0.4 is 21.3 Å². The van der Waals surface area contributed by atoms with Gasteiger partial charge in [-0.2, -0.15) is 5.10 Å². The molecule has 0 fully saturated rings. The van der Waals surface area contributed by atoms with E-state index in [-0.39, 0.29) is 5.91 Å². The van der Waals surface area contributed by atoms with Gasteiger partial charge in [0.25, 0.3) is 5.91 Å². The molecule has 0 atom stereocenters. The molecule has 0 saturated heterocycles. The summed E-state index contributed by atoms with van der Waals surface area (Å²) >= 11 is 0. The minimum Gasteiger partial charge on any atom is -0.368 e. The molecule has 31 heavy (non-hydrogen) atoms. The standard InChI is InChI=1S/C21H29N9O/c1-4-23-21(25-9-8-15-6-5-7-16(12-15)20(31)22-2)26-11-10-24-18-17-13-29-30(3)19(17)28-14-27-18/h5-7,12-14H,4,8-11H2,1-3H3,(H,22,31)(H2,23,25,26)(H,24,27,28). The molecule has 2 heterocycles. The highest BCUT2D eigenvalue weighted by atomic mass is 16.1. The van der Waals surface area contributed by atoms with Gasteiger partial charge >= 0.3 is 0 Å². The lowest BCUT2D eigenvalue weighted by molar-refractivity contribution is 0.0963. The minimum atomic E-state index is -0.0832. The molecule has 0 aliphatic rings. The first-order valence-corrected chi connectivity index (χ1v) is 10.3. The molecule has 4 N–H and O–H groups in total. The number of nitrogens with one attached hydrogen (secondary N) is 4. The van der Waals surface area contributed by atoms with Crippen molar-refractivity contribution in [3.8, 4) is 0 Å². The van der Waals surface area contributed by atoms with Crippen molar-refractivity contribution >= 4 is 28.7 Å². The summed E-state index contributed by atoms with van der Waals surface area (Å²) in [6.45, 7) is 4.75. The number of aromatic nitrogens is 4. The van der Waals surface area contributed by atoms with Gasteiger partial charge in [-0.3, -0.25) is 14.5 Å². The van der Waals surface area contributed by atoms with Crippen LogP contribution in [0.25, 0.3) is 11.0 Å². The first-order chi connectivity index (χ1) is 15.1. The van der Waals surface area contributed by atoms with E-state index in [1.807, 2.05) is 32.2 Å². The van der Waals surface area contributed by atoms with Crippen LogP contribution in [-0.2, 0) is 13.5 Å². The Labute approximate surface area is 181 Å². The third-order valence-electron chi connectivity index (χ3n) is 4.67. The number of rotatable bonds is 9. The zero-order valence-corrected chi connectivity index (χ0v) is 18.1. The van der Waals surface area contributed by atoms with Crippen LogP contribution in [0.3, 0.4) is 0 Å². The summed E-state index contributed by atoms with van der Waals surface area (Å²) in [4.78, 5) is 25.0. The predicted octanol–water partition coefficient (Wildman–Crippen LogP) is 0.933. The van der Waals surface area contributed by atoms with E-state index in [9.17, 15) is 4.79 Å². The molecular weight excluding hydrogens is 394 g/mol. The van der Waals surface area contributed by atoms with Crippen molar-refractivity contribution in [2.24, 2.45) is 12.0 Å². The molecule has 10 heteroatoms. The molecule has 0 bridgehead atoms. The second kappa shape index (κ2) is 10.9. The number of hydrogen-bond donors (Lipinski definition) is 4. The molecule has 3 aromatic rings. The smallest absolute Gasteiger partial charge is 0.251 e. The highest BCUT2D eigenvalue weighted by Crippen LogP contribution is 2.17. The van der Waals surface area contributed by atoms with Gasteiger partial charge in [0.2, 0.25) is 0 Å². The number of guanidine groups is 1. The maximum Gasteiger partial charge on any atom is 0.251 e. The van der Waals surface area contributed by atoms with E-state index >= 15 is 0 Å². The second-order valence-corrected chi connectivity index (χ2v) is 6.87. The summed E-state index contributed by atoms with van der Waals surface area (Å²) in [6, 6.07) is 7.61. The summed E-state index contributed by atoms with van der Waals surface area (Å²) in [5.74, 6) is 1.43. The third kappa shape index (κ3) is 5.91. The molecule has 0 spiro atoms. The van der Waals surface area contributed by atoms with Crippen molar-refractivity contribution in [1.29, 1.82) is 0 Å². The van der Waals surface area contributed by atoms with Gasteiger partial charge in [-0.1, -0.05) is 12.1 Å². The van der Waals surface area contributed by atoms with Gasteiger partial charge in [0.1, 0.15) is 12.1 Å². The molecule has 164 valence electrons. The van der Waals surface area contributed by atoms with Crippen LogP contribution in [0, 0.1) is 0 Å². The van der Waals surface area contributed by atoms with E-state index in [4.69, 9.17) is 0 Å². The number of aryl methyl sites for hydroxylation is 1. The van der Waals surface area contributed by atoms with Crippen molar-refractivity contribution in [2.75, 3.05) is 38.5 Å². The van der Waals surface area contributed by atoms with Gasteiger partial charge in [-0.15, -0.1) is 0 Å². The van der Waals surface area contributed by atoms with Crippen molar-refractivity contribution < 1.29 is 4.79 Å². The van der Waals surface area contributed by atoms with Crippen LogP contribution in [0.2, 0.25) is 0 Å². The fraction of sp³-hybridized carbons (Fsp3) is 0.381. The van der Waals surface area contributed by atoms with Crippen LogP contribution in [0.1, 0.15) is 22.8 Å². The van der Waals surface area contributed by atoms with E-state index in [1.165, 1.54) is 6.33 Å². The van der Waals surface area contributed by atoms with Gasteiger partial charge in [-0.25, -0.2) is 9.97 Å². The zero-order chi connectivity index (χ0) is 22.1. The van der Waals surface area contributed by atoms with Crippen molar-refractivity contribution in [3.05, 3.63) is 47.9 Å². The third-order valence-corrected chi connectivity index (χ3v) is 4.67. The quantitative estimate of drug-likeness (QED) is 0.229. The van der Waals surface area contributed by atoms with Crippen LogP contribution in [0.15, 0.2) is 41.8 Å². The monoisotopic (exact) mass is 423 g/mol. The first kappa shape index (κ1) is 22.0. The minimum absolute atomic E-state index is 0.0832. The Morgan fingerprint density at radius 1 is 1.19 bits per heavy atom. The van der Waals surface area contributed by atoms with Crippen molar-refractivity contribution in [3.63, 3.8) is 0 Å². The lowest BCUT2D eigenvalue weighted by atomic mass is 10.1. The van der Waals surface area contributed by atoms with E-state index in [2.05, 4.69) is 41.3 Å². The maximum atomic E-state index is 11.8. The largest absolute Gasteiger partial charge is 0.368 e. The van der Waals surface area contributed by atoms with Crippen LogP contribution in [0.5, 0.6) is 0 Å². The Bertz CT molecular complexity index is 1040. The van der Waals surface area contributed by atoms with Gasteiger partial charge in [-0.05, 0) is 31.0 Å². The predicted molar refractivity (Wildman–Crippen MR) is 122 cm³/mol. The Balaban J connectivity index is 1.50. The normalized spacial score (nSPS) is 11.4. The molecular formula is C21H29N9O. The number of aliphatic imine (C=N–C) groups is 1. The van der Waals surface area contributed by atoms with E-state index in [1.54, 1.807) is 24.0 Å². The second-order valence-electron chi connectivity index (χ2n) is 6.87. The Kier molecular flexibility index (Phi) is 7.74. The molecule has 10 nitrogen and oxygen atoms in total. The van der Waals surface area contributed by atoms with E-state index < -0.39 is 0 Å². The number of nitrogens with zero attached hydrogens (tertiary/aromatic N) is 5. The number of carbonyl (C=O) groups excluding carboxylic acids is 1. The fourth-order valence-electron chi connectivity index (χ4n) is 3.12. The summed E-state index contributed by atoms with van der Waals surface area (Å²) in [6.07, 6.45) is 4.04. The molecule has 1 aromatic carbocycles. The van der Waals surface area contributed by atoms with Gasteiger partial charge in [0, 0.05) is 45.8 Å². The number of amides is 1. The zero-order valence-electron chi connectivity index (χ0n) is 18.1. The molecule has 0 unspecified atom stereocenters. The molecule has 3 rings (SSSR count). The lowest BCUT2D eigenvalue weighted by Crippen LogP contribution is -2.39. The molecule has 2 aromatic heterocycles. The molecule has 1 amide bonds. The van der Waals surface area contributed by atoms with Crippen LogP contribution in [-0.4, -0.2) is 64.8 Å². The number of fused-ring (bicyclic) bond motifs is 1. The first-order valence-electron chi connectivity index (χ1n) is 10.3. The highest BCUT2D eigenvalue weighted by molar-refractivity contribution is 5.94. The highest BCUT2D eigenvalue weighted by Gasteiger charge is 2.07. The molecule has 0 aliphatic heterocycles. The topological polar surface area (TPSA) is 121 Å². The van der Waals surface area contributed by atoms with Crippen molar-refractivity contribution in [2.45, 2.75) is 13.3 Å². The molecule has 0 aliphatic carbocycles. The van der Waals surface area contributed by atoms with Crippen molar-refractivity contribution in [1.82, 2.24) is 35.7 Å². The number of carbonyl (C=O) groups is 1. The maximum absolute atomic E-state index is 11.8.